The second kappa shape index (κ2) is 8.17. The smallest absolute Gasteiger partial charge is 0.343 e. The summed E-state index contributed by atoms with van der Waals surface area (Å²) in [5.41, 5.74) is 3.67. The summed E-state index contributed by atoms with van der Waals surface area (Å²) in [6.45, 7) is 1.97. The predicted molar refractivity (Wildman–Crippen MR) is 105 cm³/mol. The molecule has 0 amide bonds. The predicted octanol–water partition coefficient (Wildman–Crippen LogP) is 5.39. The highest BCUT2D eigenvalue weighted by Gasteiger charge is 2.12. The SMILES string of the molecule is COc1cc(/C=C/c2ccccc2)ccc1OC(=O)c1ccc(C)cc1. The molecule has 0 aliphatic heterocycles. The van der Waals surface area contributed by atoms with Crippen LogP contribution in [0.25, 0.3) is 12.2 Å². The van der Waals surface area contributed by atoms with E-state index in [1.807, 2.05) is 73.7 Å². The molecule has 0 aliphatic rings. The third kappa shape index (κ3) is 4.39. The maximum absolute atomic E-state index is 12.3. The number of ether oxygens (including phenoxy) is 2. The summed E-state index contributed by atoms with van der Waals surface area (Å²) in [7, 11) is 1.56. The molecule has 3 aromatic carbocycles. The molecule has 0 fully saturated rings. The number of benzene rings is 3. The number of aryl methyl sites for hydroxylation is 1. The van der Waals surface area contributed by atoms with Crippen LogP contribution < -0.4 is 9.47 Å². The van der Waals surface area contributed by atoms with Crippen LogP contribution in [-0.2, 0) is 0 Å². The fourth-order valence-corrected chi connectivity index (χ4v) is 2.48. The Kier molecular flexibility index (Phi) is 5.49. The van der Waals surface area contributed by atoms with E-state index < -0.39 is 5.97 Å². The van der Waals surface area contributed by atoms with Gasteiger partial charge in [-0.25, -0.2) is 4.79 Å². The topological polar surface area (TPSA) is 35.5 Å². The Morgan fingerprint density at radius 3 is 2.19 bits per heavy atom. The Morgan fingerprint density at radius 2 is 1.50 bits per heavy atom. The summed E-state index contributed by atoms with van der Waals surface area (Å²) in [6, 6.07) is 22.8. The van der Waals surface area contributed by atoms with Gasteiger partial charge in [-0.3, -0.25) is 0 Å². The lowest BCUT2D eigenvalue weighted by atomic mass is 10.1. The minimum atomic E-state index is -0.407. The summed E-state index contributed by atoms with van der Waals surface area (Å²) in [4.78, 5) is 12.3. The number of esters is 1. The van der Waals surface area contributed by atoms with Gasteiger partial charge in [0.2, 0.25) is 0 Å². The quantitative estimate of drug-likeness (QED) is 0.353. The summed E-state index contributed by atoms with van der Waals surface area (Å²) >= 11 is 0. The van der Waals surface area contributed by atoms with E-state index in [4.69, 9.17) is 9.47 Å². The van der Waals surface area contributed by atoms with Gasteiger partial charge in [0.05, 0.1) is 12.7 Å². The van der Waals surface area contributed by atoms with Gasteiger partial charge >= 0.3 is 5.97 Å². The van der Waals surface area contributed by atoms with Crippen LogP contribution in [-0.4, -0.2) is 13.1 Å². The fraction of sp³-hybridized carbons (Fsp3) is 0.0870. The first kappa shape index (κ1) is 17.5. The lowest BCUT2D eigenvalue weighted by molar-refractivity contribution is 0.0729. The Bertz CT molecular complexity index is 910. The van der Waals surface area contributed by atoms with Gasteiger partial charge in [-0.05, 0) is 42.3 Å². The van der Waals surface area contributed by atoms with Crippen molar-refractivity contribution in [2.75, 3.05) is 7.11 Å². The normalized spacial score (nSPS) is 10.7. The number of carbonyl (C=O) groups excluding carboxylic acids is 1. The maximum atomic E-state index is 12.3. The van der Waals surface area contributed by atoms with E-state index in [2.05, 4.69) is 0 Å². The van der Waals surface area contributed by atoms with Crippen molar-refractivity contribution in [1.82, 2.24) is 0 Å². The van der Waals surface area contributed by atoms with Gasteiger partial charge in [0, 0.05) is 0 Å². The Morgan fingerprint density at radius 1 is 0.808 bits per heavy atom. The van der Waals surface area contributed by atoms with Crippen molar-refractivity contribution in [2.45, 2.75) is 6.92 Å². The van der Waals surface area contributed by atoms with Crippen molar-refractivity contribution < 1.29 is 14.3 Å². The molecule has 130 valence electrons. The molecule has 0 N–H and O–H groups in total. The number of rotatable bonds is 5. The minimum absolute atomic E-state index is 0.398. The largest absolute Gasteiger partial charge is 0.493 e. The third-order valence-corrected chi connectivity index (χ3v) is 3.95. The summed E-state index contributed by atoms with van der Waals surface area (Å²) in [5.74, 6) is 0.506. The number of methoxy groups -OCH3 is 1. The zero-order chi connectivity index (χ0) is 18.4. The van der Waals surface area contributed by atoms with Crippen molar-refractivity contribution >= 4 is 18.1 Å². The molecule has 0 saturated heterocycles. The summed E-state index contributed by atoms with van der Waals surface area (Å²) in [5, 5.41) is 0. The zero-order valence-corrected chi connectivity index (χ0v) is 14.8. The van der Waals surface area contributed by atoms with Gasteiger partial charge in [0.1, 0.15) is 0 Å². The molecule has 3 aromatic rings. The Hall–Kier alpha value is -3.33. The first-order chi connectivity index (χ1) is 12.7. The summed E-state index contributed by atoms with van der Waals surface area (Å²) in [6.07, 6.45) is 4.01. The minimum Gasteiger partial charge on any atom is -0.493 e. The standard InChI is InChI=1S/C23H20O3/c1-17-8-13-20(14-9-17)23(24)26-21-15-12-19(16-22(21)25-2)11-10-18-6-4-3-5-7-18/h3-16H,1-2H3/b11-10+. The van der Waals surface area contributed by atoms with Crippen molar-refractivity contribution in [1.29, 1.82) is 0 Å². The molecule has 26 heavy (non-hydrogen) atoms. The van der Waals surface area contributed by atoms with Gasteiger partial charge in [-0.1, -0.05) is 66.2 Å². The van der Waals surface area contributed by atoms with Crippen molar-refractivity contribution in [2.24, 2.45) is 0 Å². The molecule has 0 unspecified atom stereocenters. The molecule has 0 atom stereocenters. The monoisotopic (exact) mass is 344 g/mol. The second-order valence-electron chi connectivity index (χ2n) is 5.91. The first-order valence-electron chi connectivity index (χ1n) is 8.36. The average Bonchev–Trinajstić information content (AvgIpc) is 2.68. The van der Waals surface area contributed by atoms with Crippen molar-refractivity contribution in [3.05, 3.63) is 95.1 Å². The van der Waals surface area contributed by atoms with Gasteiger partial charge in [-0.2, -0.15) is 0 Å². The van der Waals surface area contributed by atoms with Crippen LogP contribution in [0.1, 0.15) is 27.0 Å². The van der Waals surface area contributed by atoms with Crippen LogP contribution in [0.5, 0.6) is 11.5 Å². The molecule has 3 rings (SSSR count). The highest BCUT2D eigenvalue weighted by Crippen LogP contribution is 2.29. The zero-order valence-electron chi connectivity index (χ0n) is 14.8. The van der Waals surface area contributed by atoms with E-state index in [9.17, 15) is 4.79 Å². The van der Waals surface area contributed by atoms with Crippen LogP contribution in [0.15, 0.2) is 72.8 Å². The van der Waals surface area contributed by atoms with Gasteiger partial charge in [0.15, 0.2) is 11.5 Å². The molecule has 0 bridgehead atoms. The van der Waals surface area contributed by atoms with E-state index >= 15 is 0 Å². The highest BCUT2D eigenvalue weighted by molar-refractivity contribution is 5.91. The lowest BCUT2D eigenvalue weighted by Crippen LogP contribution is -2.09. The summed E-state index contributed by atoms with van der Waals surface area (Å²) < 4.78 is 10.9. The average molecular weight is 344 g/mol. The molecular formula is C23H20O3. The number of hydrogen-bond acceptors (Lipinski definition) is 3. The van der Waals surface area contributed by atoms with Crippen molar-refractivity contribution in [3.63, 3.8) is 0 Å². The van der Waals surface area contributed by atoms with Crippen LogP contribution in [0.3, 0.4) is 0 Å². The molecular weight excluding hydrogens is 324 g/mol. The molecule has 0 aliphatic carbocycles. The van der Waals surface area contributed by atoms with Crippen LogP contribution in [0, 0.1) is 6.92 Å². The first-order valence-corrected chi connectivity index (χ1v) is 8.36. The van der Waals surface area contributed by atoms with Crippen LogP contribution in [0.2, 0.25) is 0 Å². The molecule has 3 nitrogen and oxygen atoms in total. The van der Waals surface area contributed by atoms with Gasteiger partial charge in [-0.15, -0.1) is 0 Å². The molecule has 0 aromatic heterocycles. The fourth-order valence-electron chi connectivity index (χ4n) is 2.48. The molecule has 0 radical (unpaired) electrons. The van der Waals surface area contributed by atoms with Crippen LogP contribution in [0.4, 0.5) is 0 Å². The molecule has 0 heterocycles. The lowest BCUT2D eigenvalue weighted by Gasteiger charge is -2.10. The van der Waals surface area contributed by atoms with Gasteiger partial charge < -0.3 is 9.47 Å². The molecule has 0 spiro atoms. The van der Waals surface area contributed by atoms with E-state index in [1.165, 1.54) is 0 Å². The maximum Gasteiger partial charge on any atom is 0.343 e. The van der Waals surface area contributed by atoms with Gasteiger partial charge in [0.25, 0.3) is 0 Å². The molecule has 3 heteroatoms. The van der Waals surface area contributed by atoms with E-state index in [-0.39, 0.29) is 0 Å². The van der Waals surface area contributed by atoms with Crippen LogP contribution >= 0.6 is 0 Å². The highest BCUT2D eigenvalue weighted by atomic mass is 16.6. The van der Waals surface area contributed by atoms with E-state index in [0.717, 1.165) is 16.7 Å². The number of hydrogen-bond donors (Lipinski definition) is 0. The second-order valence-corrected chi connectivity index (χ2v) is 5.91. The van der Waals surface area contributed by atoms with E-state index in [1.54, 1.807) is 25.3 Å². The number of carbonyl (C=O) groups is 1. The Balaban J connectivity index is 1.77. The van der Waals surface area contributed by atoms with E-state index in [0.29, 0.717) is 17.1 Å². The van der Waals surface area contributed by atoms with Crippen molar-refractivity contribution in [3.8, 4) is 11.5 Å². The Labute approximate surface area is 153 Å². The third-order valence-electron chi connectivity index (χ3n) is 3.95. The molecule has 0 saturated carbocycles.